The van der Waals surface area contributed by atoms with Crippen molar-refractivity contribution < 1.29 is 9.53 Å². The van der Waals surface area contributed by atoms with Crippen LogP contribution in [0.25, 0.3) is 0 Å². The highest BCUT2D eigenvalue weighted by Crippen LogP contribution is 2.69. The Morgan fingerprint density at radius 1 is 0.968 bits per heavy atom. The number of hydrogen-bond acceptors (Lipinski definition) is 2. The van der Waals surface area contributed by atoms with Crippen molar-refractivity contribution in [3.05, 3.63) is 0 Å². The molecule has 5 fully saturated rings. The summed E-state index contributed by atoms with van der Waals surface area (Å²) in [6.07, 6.45) is 16.4. The van der Waals surface area contributed by atoms with Crippen LogP contribution >= 0.6 is 0 Å². The molecule has 31 heavy (non-hydrogen) atoms. The average molecular weight is 429 g/mol. The molecule has 1 aliphatic heterocycles. The summed E-state index contributed by atoms with van der Waals surface area (Å²) in [5.41, 5.74) is 1.05. The highest BCUT2D eigenvalue weighted by molar-refractivity contribution is 5.72. The zero-order chi connectivity index (χ0) is 22.0. The fraction of sp³-hybridized carbons (Fsp3) is 0.966. The Hall–Kier alpha value is -0.530. The molecule has 0 unspecified atom stereocenters. The van der Waals surface area contributed by atoms with Gasteiger partial charge in [-0.3, -0.25) is 4.79 Å². The third-order valence-corrected chi connectivity index (χ3v) is 11.7. The third kappa shape index (κ3) is 3.61. The van der Waals surface area contributed by atoms with Crippen molar-refractivity contribution in [2.75, 3.05) is 0 Å². The second-order valence-electron chi connectivity index (χ2n) is 13.6. The van der Waals surface area contributed by atoms with Crippen LogP contribution in [0.15, 0.2) is 0 Å². The molecule has 0 amide bonds. The molecule has 4 saturated carbocycles. The van der Waals surface area contributed by atoms with E-state index in [9.17, 15) is 4.79 Å². The molecule has 1 saturated heterocycles. The van der Waals surface area contributed by atoms with Gasteiger partial charge in [0.1, 0.15) is 6.10 Å². The largest absolute Gasteiger partial charge is 0.462 e. The molecule has 5 rings (SSSR count). The van der Waals surface area contributed by atoms with Gasteiger partial charge >= 0.3 is 5.97 Å². The number of esters is 1. The fourth-order valence-corrected chi connectivity index (χ4v) is 10.2. The first-order chi connectivity index (χ1) is 14.7. The molecular weight excluding hydrogens is 380 g/mol. The Bertz CT molecular complexity index is 684. The van der Waals surface area contributed by atoms with Gasteiger partial charge in [0.25, 0.3) is 0 Å². The molecule has 2 heteroatoms. The van der Waals surface area contributed by atoms with Gasteiger partial charge in [-0.25, -0.2) is 0 Å². The summed E-state index contributed by atoms with van der Waals surface area (Å²) in [6, 6.07) is 0. The summed E-state index contributed by atoms with van der Waals surface area (Å²) in [4.78, 5) is 12.0. The Labute approximate surface area is 191 Å². The van der Waals surface area contributed by atoms with Gasteiger partial charge in [0, 0.05) is 5.92 Å². The van der Waals surface area contributed by atoms with Crippen LogP contribution in [0, 0.1) is 58.2 Å². The zero-order valence-electron chi connectivity index (χ0n) is 21.0. The number of rotatable bonds is 5. The van der Waals surface area contributed by atoms with Crippen LogP contribution in [-0.4, -0.2) is 12.1 Å². The second kappa shape index (κ2) is 8.05. The van der Waals surface area contributed by atoms with Crippen molar-refractivity contribution in [3.8, 4) is 0 Å². The number of hydrogen-bond donors (Lipinski definition) is 0. The predicted octanol–water partition coefficient (Wildman–Crippen LogP) is 7.65. The molecule has 0 aromatic rings. The SMILES string of the molecule is CC(C)CCC[C@@H](C)[C@H]1CC[C@H]2[C@@H]3CC[C@H]4C[C@H]5OC(=O)C[C@@H]5C[C@]4(C)[C@H]3CC[C@]12C. The van der Waals surface area contributed by atoms with Gasteiger partial charge in [0.05, 0.1) is 6.42 Å². The van der Waals surface area contributed by atoms with E-state index in [0.717, 1.165) is 47.8 Å². The summed E-state index contributed by atoms with van der Waals surface area (Å²) < 4.78 is 5.73. The van der Waals surface area contributed by atoms with Crippen molar-refractivity contribution in [1.29, 1.82) is 0 Å². The predicted molar refractivity (Wildman–Crippen MR) is 126 cm³/mol. The van der Waals surface area contributed by atoms with Crippen LogP contribution in [0.2, 0.25) is 0 Å². The number of ether oxygens (including phenoxy) is 1. The van der Waals surface area contributed by atoms with E-state index in [1.54, 1.807) is 0 Å². The maximum Gasteiger partial charge on any atom is 0.306 e. The summed E-state index contributed by atoms with van der Waals surface area (Å²) in [5, 5.41) is 0. The van der Waals surface area contributed by atoms with Gasteiger partial charge in [0.15, 0.2) is 0 Å². The van der Waals surface area contributed by atoms with Gasteiger partial charge in [-0.05, 0) is 104 Å². The lowest BCUT2D eigenvalue weighted by Crippen LogP contribution is -2.55. The van der Waals surface area contributed by atoms with Crippen LogP contribution in [0.5, 0.6) is 0 Å². The van der Waals surface area contributed by atoms with E-state index in [2.05, 4.69) is 34.6 Å². The molecule has 0 bridgehead atoms. The van der Waals surface area contributed by atoms with Crippen molar-refractivity contribution in [2.24, 2.45) is 58.2 Å². The van der Waals surface area contributed by atoms with Crippen LogP contribution < -0.4 is 0 Å². The highest BCUT2D eigenvalue weighted by Gasteiger charge is 2.62. The minimum absolute atomic E-state index is 0.0788. The summed E-state index contributed by atoms with van der Waals surface area (Å²) in [7, 11) is 0. The molecular formula is C29H48O2. The van der Waals surface area contributed by atoms with E-state index in [-0.39, 0.29) is 12.1 Å². The molecule has 2 nitrogen and oxygen atoms in total. The average Bonchev–Trinajstić information content (AvgIpc) is 3.23. The summed E-state index contributed by atoms with van der Waals surface area (Å²) in [6.45, 7) is 12.7. The molecule has 10 atom stereocenters. The van der Waals surface area contributed by atoms with Crippen LogP contribution in [0.1, 0.15) is 112 Å². The van der Waals surface area contributed by atoms with E-state index in [1.165, 1.54) is 64.2 Å². The molecule has 0 spiro atoms. The van der Waals surface area contributed by atoms with E-state index < -0.39 is 0 Å². The first-order valence-electron chi connectivity index (χ1n) is 13.9. The molecule has 5 aliphatic rings. The Morgan fingerprint density at radius 2 is 1.74 bits per heavy atom. The normalized spacial score (nSPS) is 49.7. The monoisotopic (exact) mass is 428 g/mol. The molecule has 0 radical (unpaired) electrons. The third-order valence-electron chi connectivity index (χ3n) is 11.7. The molecule has 1 heterocycles. The van der Waals surface area contributed by atoms with Gasteiger partial charge in [-0.2, -0.15) is 0 Å². The minimum atomic E-state index is 0.0788. The molecule has 4 aliphatic carbocycles. The number of fused-ring (bicyclic) bond motifs is 6. The van der Waals surface area contributed by atoms with Crippen molar-refractivity contribution >= 4 is 5.97 Å². The molecule has 0 aromatic heterocycles. The molecule has 0 N–H and O–H groups in total. The lowest BCUT2D eigenvalue weighted by atomic mass is 9.43. The van der Waals surface area contributed by atoms with Crippen molar-refractivity contribution in [3.63, 3.8) is 0 Å². The van der Waals surface area contributed by atoms with Gasteiger partial charge < -0.3 is 4.74 Å². The van der Waals surface area contributed by atoms with Crippen molar-refractivity contribution in [1.82, 2.24) is 0 Å². The molecule has 176 valence electrons. The first kappa shape index (κ1) is 22.3. The van der Waals surface area contributed by atoms with Gasteiger partial charge in [-0.15, -0.1) is 0 Å². The second-order valence-corrected chi connectivity index (χ2v) is 13.6. The fourth-order valence-electron chi connectivity index (χ4n) is 10.2. The van der Waals surface area contributed by atoms with Crippen molar-refractivity contribution in [2.45, 2.75) is 118 Å². The Balaban J connectivity index is 1.30. The van der Waals surface area contributed by atoms with Gasteiger partial charge in [-0.1, -0.05) is 53.9 Å². The van der Waals surface area contributed by atoms with Gasteiger partial charge in [0.2, 0.25) is 0 Å². The smallest absolute Gasteiger partial charge is 0.306 e. The first-order valence-corrected chi connectivity index (χ1v) is 13.9. The zero-order valence-corrected chi connectivity index (χ0v) is 21.0. The van der Waals surface area contributed by atoms with E-state index in [1.807, 2.05) is 0 Å². The molecule has 0 aromatic carbocycles. The highest BCUT2D eigenvalue weighted by atomic mass is 16.5. The maximum absolute atomic E-state index is 12.0. The topological polar surface area (TPSA) is 26.3 Å². The van der Waals surface area contributed by atoms with Crippen LogP contribution in [-0.2, 0) is 9.53 Å². The lowest BCUT2D eigenvalue weighted by molar-refractivity contribution is -0.152. The lowest BCUT2D eigenvalue weighted by Gasteiger charge is -2.61. The Kier molecular flexibility index (Phi) is 5.78. The minimum Gasteiger partial charge on any atom is -0.462 e. The van der Waals surface area contributed by atoms with E-state index >= 15 is 0 Å². The summed E-state index contributed by atoms with van der Waals surface area (Å²) in [5.74, 6) is 6.88. The maximum atomic E-state index is 12.0. The number of carbonyl (C=O) groups excluding carboxylic acids is 1. The van der Waals surface area contributed by atoms with Crippen LogP contribution in [0.4, 0.5) is 0 Å². The van der Waals surface area contributed by atoms with Crippen LogP contribution in [0.3, 0.4) is 0 Å². The summed E-state index contributed by atoms with van der Waals surface area (Å²) >= 11 is 0. The van der Waals surface area contributed by atoms with E-state index in [0.29, 0.717) is 23.2 Å². The Morgan fingerprint density at radius 3 is 2.52 bits per heavy atom. The van der Waals surface area contributed by atoms with E-state index in [4.69, 9.17) is 4.74 Å². The number of carbonyl (C=O) groups is 1. The standard InChI is InChI=1S/C29H48O2/c1-18(2)7-6-8-19(3)23-11-12-24-22-10-9-21-16-26-20(15-27(30)31-26)17-29(21,5)25(22)13-14-28(23,24)4/h18-26H,6-17H2,1-5H3/t19-,20-,21+,22+,23-,24+,25+,26-,28-,29+/m1/s1. The quantitative estimate of drug-likeness (QED) is 0.420.